The van der Waals surface area contributed by atoms with Gasteiger partial charge in [0.2, 0.25) is 0 Å². The van der Waals surface area contributed by atoms with Crippen molar-refractivity contribution in [1.82, 2.24) is 9.88 Å². The number of piperidine rings is 1. The minimum absolute atomic E-state index is 0.0372. The van der Waals surface area contributed by atoms with E-state index in [-0.39, 0.29) is 12.0 Å². The summed E-state index contributed by atoms with van der Waals surface area (Å²) in [4.78, 5) is 18.3. The van der Waals surface area contributed by atoms with Gasteiger partial charge < -0.3 is 5.11 Å². The number of carboxylic acids is 1. The van der Waals surface area contributed by atoms with Crippen molar-refractivity contribution in [3.05, 3.63) is 63.9 Å². The second-order valence-electron chi connectivity index (χ2n) is 6.28. The van der Waals surface area contributed by atoms with Gasteiger partial charge in [-0.2, -0.15) is 0 Å². The first-order valence-corrected chi connectivity index (χ1v) is 9.00. The van der Waals surface area contributed by atoms with Crippen LogP contribution in [0, 0.1) is 12.8 Å². The van der Waals surface area contributed by atoms with Gasteiger partial charge in [-0.3, -0.25) is 14.7 Å². The van der Waals surface area contributed by atoms with Crippen LogP contribution in [0.4, 0.5) is 0 Å². The van der Waals surface area contributed by atoms with Crippen LogP contribution in [0.2, 0.25) is 0 Å². The standard InChI is InChI=1S/C19H21BrN2O2/c1-13-5-4-8-17(21-13)18(15-6-2-3-7-16(15)20)22-11-9-14(10-12-22)19(23)24/h2-8,14,18H,9-12H2,1H3,(H,23,24). The van der Waals surface area contributed by atoms with Gasteiger partial charge >= 0.3 is 5.97 Å². The number of carboxylic acid groups (broad SMARTS) is 1. The Bertz CT molecular complexity index is 727. The van der Waals surface area contributed by atoms with Gasteiger partial charge in [-0.1, -0.05) is 40.2 Å². The molecule has 0 radical (unpaired) electrons. The van der Waals surface area contributed by atoms with E-state index >= 15 is 0 Å². The summed E-state index contributed by atoms with van der Waals surface area (Å²) in [5, 5.41) is 9.24. The largest absolute Gasteiger partial charge is 0.481 e. The van der Waals surface area contributed by atoms with Crippen molar-refractivity contribution in [1.29, 1.82) is 0 Å². The number of likely N-dealkylation sites (tertiary alicyclic amines) is 1. The molecule has 2 heterocycles. The maximum atomic E-state index is 11.2. The van der Waals surface area contributed by atoms with E-state index in [4.69, 9.17) is 4.98 Å². The summed E-state index contributed by atoms with van der Waals surface area (Å²) < 4.78 is 1.05. The fraction of sp³-hybridized carbons (Fsp3) is 0.368. The molecule has 1 aliphatic rings. The smallest absolute Gasteiger partial charge is 0.306 e. The molecule has 5 heteroatoms. The number of benzene rings is 1. The third kappa shape index (κ3) is 3.68. The third-order valence-electron chi connectivity index (χ3n) is 4.63. The Hall–Kier alpha value is -1.72. The van der Waals surface area contributed by atoms with Crippen LogP contribution in [0.15, 0.2) is 46.9 Å². The second-order valence-corrected chi connectivity index (χ2v) is 7.13. The van der Waals surface area contributed by atoms with Gasteiger partial charge in [-0.25, -0.2) is 0 Å². The molecule has 1 unspecified atom stereocenters. The number of aromatic nitrogens is 1. The first kappa shape index (κ1) is 17.1. The Morgan fingerprint density at radius 1 is 1.21 bits per heavy atom. The zero-order chi connectivity index (χ0) is 17.1. The SMILES string of the molecule is Cc1cccc(C(c2ccccc2Br)N2CCC(C(=O)O)CC2)n1. The molecule has 4 nitrogen and oxygen atoms in total. The molecule has 1 fully saturated rings. The van der Waals surface area contributed by atoms with E-state index in [1.807, 2.05) is 37.3 Å². The fourth-order valence-electron chi connectivity index (χ4n) is 3.36. The molecule has 0 aliphatic carbocycles. The summed E-state index contributed by atoms with van der Waals surface area (Å²) >= 11 is 3.67. The quantitative estimate of drug-likeness (QED) is 0.858. The molecule has 0 saturated carbocycles. The Labute approximate surface area is 150 Å². The van der Waals surface area contributed by atoms with Crippen molar-refractivity contribution in [3.63, 3.8) is 0 Å². The van der Waals surface area contributed by atoms with E-state index in [0.29, 0.717) is 12.8 Å². The van der Waals surface area contributed by atoms with Crippen LogP contribution in [0.5, 0.6) is 0 Å². The molecule has 0 amide bonds. The Kier molecular flexibility index (Phi) is 5.31. The van der Waals surface area contributed by atoms with Crippen LogP contribution < -0.4 is 0 Å². The van der Waals surface area contributed by atoms with Crippen LogP contribution in [0.3, 0.4) is 0 Å². The predicted octanol–water partition coefficient (Wildman–Crippen LogP) is 4.04. The van der Waals surface area contributed by atoms with Gasteiger partial charge in [-0.15, -0.1) is 0 Å². The lowest BCUT2D eigenvalue weighted by atomic mass is 9.93. The molecule has 126 valence electrons. The van der Waals surface area contributed by atoms with Gasteiger partial charge in [0.1, 0.15) is 0 Å². The minimum Gasteiger partial charge on any atom is -0.481 e. The summed E-state index contributed by atoms with van der Waals surface area (Å²) in [6.45, 7) is 3.52. The van der Waals surface area contributed by atoms with Crippen LogP contribution in [-0.2, 0) is 4.79 Å². The fourth-order valence-corrected chi connectivity index (χ4v) is 3.86. The Balaban J connectivity index is 1.95. The summed E-state index contributed by atoms with van der Waals surface area (Å²) in [5.74, 6) is -0.910. The lowest BCUT2D eigenvalue weighted by Gasteiger charge is -2.37. The number of carbonyl (C=O) groups is 1. The lowest BCUT2D eigenvalue weighted by Crippen LogP contribution is -2.39. The Morgan fingerprint density at radius 2 is 1.92 bits per heavy atom. The molecular weight excluding hydrogens is 368 g/mol. The summed E-state index contributed by atoms with van der Waals surface area (Å²) in [6.07, 6.45) is 1.37. The number of hydrogen-bond donors (Lipinski definition) is 1. The van der Waals surface area contributed by atoms with Crippen molar-refractivity contribution in [2.24, 2.45) is 5.92 Å². The minimum atomic E-state index is -0.680. The molecule has 24 heavy (non-hydrogen) atoms. The first-order valence-electron chi connectivity index (χ1n) is 8.21. The molecule has 0 spiro atoms. The molecule has 1 aliphatic heterocycles. The number of hydrogen-bond acceptors (Lipinski definition) is 3. The van der Waals surface area contributed by atoms with E-state index in [2.05, 4.69) is 33.0 Å². The number of nitrogens with zero attached hydrogens (tertiary/aromatic N) is 2. The third-order valence-corrected chi connectivity index (χ3v) is 5.36. The maximum Gasteiger partial charge on any atom is 0.306 e. The van der Waals surface area contributed by atoms with Crippen molar-refractivity contribution in [3.8, 4) is 0 Å². The summed E-state index contributed by atoms with van der Waals surface area (Å²) in [6, 6.07) is 14.3. The highest BCUT2D eigenvalue weighted by Crippen LogP contribution is 2.35. The number of aryl methyl sites for hydroxylation is 1. The lowest BCUT2D eigenvalue weighted by molar-refractivity contribution is -0.143. The van der Waals surface area contributed by atoms with E-state index < -0.39 is 5.97 Å². The van der Waals surface area contributed by atoms with Crippen LogP contribution in [0.1, 0.15) is 35.8 Å². The highest BCUT2D eigenvalue weighted by atomic mass is 79.9. The topological polar surface area (TPSA) is 53.4 Å². The van der Waals surface area contributed by atoms with E-state index in [1.165, 1.54) is 5.56 Å². The number of halogens is 1. The maximum absolute atomic E-state index is 11.2. The van der Waals surface area contributed by atoms with Crippen LogP contribution in [0.25, 0.3) is 0 Å². The van der Waals surface area contributed by atoms with Crippen molar-refractivity contribution < 1.29 is 9.90 Å². The number of rotatable bonds is 4. The van der Waals surface area contributed by atoms with Gasteiger partial charge in [0.05, 0.1) is 17.7 Å². The van der Waals surface area contributed by atoms with Crippen LogP contribution in [-0.4, -0.2) is 34.0 Å². The number of pyridine rings is 1. The van der Waals surface area contributed by atoms with Crippen molar-refractivity contribution in [2.45, 2.75) is 25.8 Å². The van der Waals surface area contributed by atoms with Gasteiger partial charge in [0.25, 0.3) is 0 Å². The molecule has 0 bridgehead atoms. The van der Waals surface area contributed by atoms with Crippen molar-refractivity contribution in [2.75, 3.05) is 13.1 Å². The van der Waals surface area contributed by atoms with E-state index in [1.54, 1.807) is 0 Å². The summed E-state index contributed by atoms with van der Waals surface area (Å²) in [5.41, 5.74) is 3.17. The molecule has 3 rings (SSSR count). The first-order chi connectivity index (χ1) is 11.6. The highest BCUT2D eigenvalue weighted by Gasteiger charge is 2.31. The van der Waals surface area contributed by atoms with Gasteiger partial charge in [-0.05, 0) is 56.6 Å². The monoisotopic (exact) mass is 388 g/mol. The zero-order valence-corrected chi connectivity index (χ0v) is 15.2. The normalized spacial score (nSPS) is 17.6. The average molecular weight is 389 g/mol. The summed E-state index contributed by atoms with van der Waals surface area (Å²) in [7, 11) is 0. The van der Waals surface area contributed by atoms with E-state index in [9.17, 15) is 9.90 Å². The Morgan fingerprint density at radius 3 is 2.54 bits per heavy atom. The molecule has 1 aromatic carbocycles. The highest BCUT2D eigenvalue weighted by molar-refractivity contribution is 9.10. The molecule has 1 aromatic heterocycles. The molecule has 1 N–H and O–H groups in total. The number of aliphatic carboxylic acids is 1. The zero-order valence-electron chi connectivity index (χ0n) is 13.7. The van der Waals surface area contributed by atoms with Gasteiger partial charge in [0.15, 0.2) is 0 Å². The van der Waals surface area contributed by atoms with Gasteiger partial charge in [0, 0.05) is 10.2 Å². The molecule has 1 saturated heterocycles. The molecule has 1 atom stereocenters. The molecule has 2 aromatic rings. The van der Waals surface area contributed by atoms with Crippen molar-refractivity contribution >= 4 is 21.9 Å². The van der Waals surface area contributed by atoms with E-state index in [0.717, 1.165) is 29.0 Å². The average Bonchev–Trinajstić information content (AvgIpc) is 2.57. The predicted molar refractivity (Wildman–Crippen MR) is 96.9 cm³/mol. The molecular formula is C19H21BrN2O2. The second kappa shape index (κ2) is 7.45. The van der Waals surface area contributed by atoms with Crippen LogP contribution >= 0.6 is 15.9 Å².